The molecule has 15 heavy (non-hydrogen) atoms. The van der Waals surface area contributed by atoms with Gasteiger partial charge < -0.3 is 5.32 Å². The molecule has 0 aromatic heterocycles. The van der Waals surface area contributed by atoms with E-state index < -0.39 is 0 Å². The third kappa shape index (κ3) is 2.07. The molecular weight excluding hydrogens is 182 g/mol. The average molecular weight is 203 g/mol. The second-order valence-electron chi connectivity index (χ2n) is 4.75. The summed E-state index contributed by atoms with van der Waals surface area (Å²) in [5, 5.41) is 3.63. The molecular formula is C14H21N. The van der Waals surface area contributed by atoms with Crippen LogP contribution in [0.25, 0.3) is 0 Å². The Morgan fingerprint density at radius 3 is 2.80 bits per heavy atom. The largest absolute Gasteiger partial charge is 0.310 e. The molecule has 1 fully saturated rings. The van der Waals surface area contributed by atoms with Crippen molar-refractivity contribution in [3.63, 3.8) is 0 Å². The van der Waals surface area contributed by atoms with E-state index in [0.717, 1.165) is 5.92 Å². The van der Waals surface area contributed by atoms with E-state index in [1.807, 2.05) is 0 Å². The smallest absolute Gasteiger partial charge is 0.0351 e. The van der Waals surface area contributed by atoms with Crippen LogP contribution in [0.4, 0.5) is 0 Å². The van der Waals surface area contributed by atoms with Gasteiger partial charge in [-0.3, -0.25) is 0 Å². The van der Waals surface area contributed by atoms with E-state index in [-0.39, 0.29) is 0 Å². The van der Waals surface area contributed by atoms with Crippen LogP contribution in [0.1, 0.15) is 42.5 Å². The Balaban J connectivity index is 2.28. The van der Waals surface area contributed by atoms with E-state index in [0.29, 0.717) is 6.04 Å². The van der Waals surface area contributed by atoms with Gasteiger partial charge in [-0.25, -0.2) is 0 Å². The number of benzene rings is 1. The minimum absolute atomic E-state index is 0.593. The zero-order valence-electron chi connectivity index (χ0n) is 10.0. The van der Waals surface area contributed by atoms with E-state index in [1.165, 1.54) is 36.1 Å². The second-order valence-corrected chi connectivity index (χ2v) is 4.75. The first kappa shape index (κ1) is 10.7. The van der Waals surface area contributed by atoms with Gasteiger partial charge in [-0.2, -0.15) is 0 Å². The summed E-state index contributed by atoms with van der Waals surface area (Å²) in [5.41, 5.74) is 4.31. The summed E-state index contributed by atoms with van der Waals surface area (Å²) in [6.07, 6.45) is 2.61. The highest BCUT2D eigenvalue weighted by atomic mass is 15.0. The average Bonchev–Trinajstić information content (AvgIpc) is 2.65. The van der Waals surface area contributed by atoms with Crippen LogP contribution in [-0.4, -0.2) is 6.54 Å². The molecule has 0 radical (unpaired) electrons. The topological polar surface area (TPSA) is 12.0 Å². The van der Waals surface area contributed by atoms with Crippen molar-refractivity contribution in [3.05, 3.63) is 34.9 Å². The zero-order valence-corrected chi connectivity index (χ0v) is 10.0. The minimum atomic E-state index is 0.593. The summed E-state index contributed by atoms with van der Waals surface area (Å²) in [5.74, 6) is 0.825. The molecule has 2 atom stereocenters. The standard InChI is InChI=1S/C14H21N/c1-4-12-7-8-15-14(12)13-6-5-10(2)9-11(13)3/h5-6,9,12,14-15H,4,7-8H2,1-3H3. The molecule has 0 saturated carbocycles. The number of nitrogens with one attached hydrogen (secondary N) is 1. The summed E-state index contributed by atoms with van der Waals surface area (Å²) in [4.78, 5) is 0. The Bertz CT molecular complexity index is 343. The predicted octanol–water partition coefficient (Wildman–Crippen LogP) is 3.36. The van der Waals surface area contributed by atoms with Crippen LogP contribution >= 0.6 is 0 Å². The first-order valence-corrected chi connectivity index (χ1v) is 6.03. The van der Waals surface area contributed by atoms with E-state index in [4.69, 9.17) is 0 Å². The second kappa shape index (κ2) is 4.36. The quantitative estimate of drug-likeness (QED) is 0.777. The third-order valence-electron chi connectivity index (χ3n) is 3.64. The number of hydrogen-bond donors (Lipinski definition) is 1. The summed E-state index contributed by atoms with van der Waals surface area (Å²) < 4.78 is 0. The Morgan fingerprint density at radius 1 is 1.33 bits per heavy atom. The Hall–Kier alpha value is -0.820. The van der Waals surface area contributed by atoms with Crippen molar-refractivity contribution in [3.8, 4) is 0 Å². The van der Waals surface area contributed by atoms with Crippen LogP contribution in [0.3, 0.4) is 0 Å². The SMILES string of the molecule is CCC1CCNC1c1ccc(C)cc1C. The molecule has 1 N–H and O–H groups in total. The molecule has 0 bridgehead atoms. The zero-order chi connectivity index (χ0) is 10.8. The molecule has 1 heteroatoms. The molecule has 2 rings (SSSR count). The Labute approximate surface area is 92.9 Å². The van der Waals surface area contributed by atoms with Crippen molar-refractivity contribution in [1.82, 2.24) is 5.32 Å². The van der Waals surface area contributed by atoms with Crippen molar-refractivity contribution in [2.24, 2.45) is 5.92 Å². The van der Waals surface area contributed by atoms with Gasteiger partial charge >= 0.3 is 0 Å². The maximum atomic E-state index is 3.63. The fourth-order valence-electron chi connectivity index (χ4n) is 2.74. The number of rotatable bonds is 2. The lowest BCUT2D eigenvalue weighted by atomic mass is 9.89. The van der Waals surface area contributed by atoms with Crippen molar-refractivity contribution in [2.45, 2.75) is 39.7 Å². The van der Waals surface area contributed by atoms with Crippen LogP contribution < -0.4 is 5.32 Å². The van der Waals surface area contributed by atoms with Crippen LogP contribution in [0.2, 0.25) is 0 Å². The van der Waals surface area contributed by atoms with Crippen LogP contribution in [0.15, 0.2) is 18.2 Å². The van der Waals surface area contributed by atoms with E-state index in [9.17, 15) is 0 Å². The highest BCUT2D eigenvalue weighted by molar-refractivity contribution is 5.33. The highest BCUT2D eigenvalue weighted by Gasteiger charge is 2.27. The van der Waals surface area contributed by atoms with E-state index in [1.54, 1.807) is 0 Å². The first-order valence-electron chi connectivity index (χ1n) is 6.03. The van der Waals surface area contributed by atoms with Gasteiger partial charge in [0.2, 0.25) is 0 Å². The fraction of sp³-hybridized carbons (Fsp3) is 0.571. The van der Waals surface area contributed by atoms with Crippen molar-refractivity contribution >= 4 is 0 Å². The molecule has 1 nitrogen and oxygen atoms in total. The number of hydrogen-bond acceptors (Lipinski definition) is 1. The monoisotopic (exact) mass is 203 g/mol. The maximum absolute atomic E-state index is 3.63. The highest BCUT2D eigenvalue weighted by Crippen LogP contribution is 2.33. The minimum Gasteiger partial charge on any atom is -0.310 e. The van der Waals surface area contributed by atoms with Gasteiger partial charge in [0.05, 0.1) is 0 Å². The van der Waals surface area contributed by atoms with Gasteiger partial charge in [0.1, 0.15) is 0 Å². The van der Waals surface area contributed by atoms with Crippen LogP contribution in [0, 0.1) is 19.8 Å². The maximum Gasteiger partial charge on any atom is 0.0351 e. The lowest BCUT2D eigenvalue weighted by molar-refractivity contribution is 0.448. The van der Waals surface area contributed by atoms with Gasteiger partial charge in [0.25, 0.3) is 0 Å². The van der Waals surface area contributed by atoms with Gasteiger partial charge in [0, 0.05) is 6.04 Å². The molecule has 1 saturated heterocycles. The van der Waals surface area contributed by atoms with Crippen LogP contribution in [0.5, 0.6) is 0 Å². The van der Waals surface area contributed by atoms with Gasteiger partial charge in [-0.05, 0) is 43.9 Å². The summed E-state index contributed by atoms with van der Waals surface area (Å²) >= 11 is 0. The molecule has 1 heterocycles. The molecule has 1 aliphatic rings. The van der Waals surface area contributed by atoms with Crippen molar-refractivity contribution in [1.29, 1.82) is 0 Å². The van der Waals surface area contributed by atoms with Gasteiger partial charge in [0.15, 0.2) is 0 Å². The molecule has 0 aliphatic carbocycles. The van der Waals surface area contributed by atoms with Gasteiger partial charge in [-0.1, -0.05) is 37.1 Å². The lowest BCUT2D eigenvalue weighted by Crippen LogP contribution is -2.18. The Kier molecular flexibility index (Phi) is 3.11. The first-order chi connectivity index (χ1) is 7.22. The Morgan fingerprint density at radius 2 is 2.13 bits per heavy atom. The molecule has 2 unspecified atom stereocenters. The van der Waals surface area contributed by atoms with Gasteiger partial charge in [-0.15, -0.1) is 0 Å². The third-order valence-corrected chi connectivity index (χ3v) is 3.64. The normalized spacial score (nSPS) is 25.8. The predicted molar refractivity (Wildman–Crippen MR) is 65.1 cm³/mol. The van der Waals surface area contributed by atoms with E-state index in [2.05, 4.69) is 44.3 Å². The van der Waals surface area contributed by atoms with Crippen molar-refractivity contribution < 1.29 is 0 Å². The molecule has 1 aromatic carbocycles. The molecule has 1 aliphatic heterocycles. The summed E-state index contributed by atoms with van der Waals surface area (Å²) in [6, 6.07) is 7.42. The number of aryl methyl sites for hydroxylation is 2. The molecule has 0 spiro atoms. The lowest BCUT2D eigenvalue weighted by Gasteiger charge is -2.20. The molecule has 82 valence electrons. The van der Waals surface area contributed by atoms with E-state index >= 15 is 0 Å². The van der Waals surface area contributed by atoms with Crippen LogP contribution in [-0.2, 0) is 0 Å². The summed E-state index contributed by atoms with van der Waals surface area (Å²) in [7, 11) is 0. The van der Waals surface area contributed by atoms with Crippen molar-refractivity contribution in [2.75, 3.05) is 6.54 Å². The fourth-order valence-corrected chi connectivity index (χ4v) is 2.74. The summed E-state index contributed by atoms with van der Waals surface area (Å²) in [6.45, 7) is 7.87. The molecule has 1 aromatic rings. The molecule has 0 amide bonds.